The number of carbonyl (C=O) groups is 1. The van der Waals surface area contributed by atoms with Gasteiger partial charge in [-0.1, -0.05) is 31.6 Å². The first-order valence-corrected chi connectivity index (χ1v) is 7.22. The third-order valence-electron chi connectivity index (χ3n) is 4.37. The van der Waals surface area contributed by atoms with E-state index in [1.165, 1.54) is 31.8 Å². The van der Waals surface area contributed by atoms with Crippen molar-refractivity contribution in [1.29, 1.82) is 0 Å². The summed E-state index contributed by atoms with van der Waals surface area (Å²) in [5.41, 5.74) is 2.79. The molecule has 0 N–H and O–H groups in total. The van der Waals surface area contributed by atoms with Crippen molar-refractivity contribution in [3.05, 3.63) is 23.8 Å². The third-order valence-corrected chi connectivity index (χ3v) is 4.37. The maximum Gasteiger partial charge on any atom is 0.303 e. The van der Waals surface area contributed by atoms with Gasteiger partial charge in [0, 0.05) is 6.92 Å². The molecular weight excluding hydrogens is 236 g/mol. The molecule has 0 aromatic heterocycles. The Kier molecular flexibility index (Phi) is 5.00. The number of carbonyl (C=O) groups excluding carboxylic acids is 1. The van der Waals surface area contributed by atoms with Crippen molar-refractivity contribution in [2.45, 2.75) is 72.3 Å². The van der Waals surface area contributed by atoms with Crippen molar-refractivity contribution >= 4 is 5.97 Å². The predicted octanol–water partition coefficient (Wildman–Crippen LogP) is 4.80. The maximum atomic E-state index is 11.2. The molecule has 0 amide bonds. The molecule has 0 radical (unpaired) electrons. The van der Waals surface area contributed by atoms with Gasteiger partial charge in [-0.15, -0.1) is 0 Å². The van der Waals surface area contributed by atoms with Crippen LogP contribution in [0, 0.1) is 5.41 Å². The van der Waals surface area contributed by atoms with Gasteiger partial charge in [-0.05, 0) is 57.4 Å². The molecule has 0 aromatic rings. The number of ether oxygens (including phenoxy) is 1. The van der Waals surface area contributed by atoms with Crippen LogP contribution >= 0.6 is 0 Å². The van der Waals surface area contributed by atoms with Crippen LogP contribution in [0.5, 0.6) is 0 Å². The van der Waals surface area contributed by atoms with Crippen molar-refractivity contribution in [2.75, 3.05) is 0 Å². The lowest BCUT2D eigenvalue weighted by atomic mass is 9.70. The summed E-state index contributed by atoms with van der Waals surface area (Å²) in [6.07, 6.45) is 7.28. The summed E-state index contributed by atoms with van der Waals surface area (Å²) in [5.74, 6) is -0.240. The van der Waals surface area contributed by atoms with Gasteiger partial charge in [0.2, 0.25) is 0 Å². The molecule has 2 heteroatoms. The minimum atomic E-state index is -0.549. The van der Waals surface area contributed by atoms with E-state index in [1.807, 2.05) is 6.92 Å². The Hall–Kier alpha value is -1.05. The van der Waals surface area contributed by atoms with E-state index >= 15 is 0 Å². The van der Waals surface area contributed by atoms with Crippen LogP contribution in [0.1, 0.15) is 66.7 Å². The van der Waals surface area contributed by atoms with Crippen molar-refractivity contribution < 1.29 is 9.53 Å². The number of allylic oxidation sites excluding steroid dienone is 2. The Morgan fingerprint density at radius 3 is 2.63 bits per heavy atom. The highest BCUT2D eigenvalue weighted by Crippen LogP contribution is 2.43. The average molecular weight is 264 g/mol. The Labute approximate surface area is 117 Å². The number of rotatable bonds is 5. The monoisotopic (exact) mass is 264 g/mol. The third kappa shape index (κ3) is 4.22. The Morgan fingerprint density at radius 2 is 2.16 bits per heavy atom. The summed E-state index contributed by atoms with van der Waals surface area (Å²) in [6.45, 7) is 14.1. The molecule has 19 heavy (non-hydrogen) atoms. The van der Waals surface area contributed by atoms with Gasteiger partial charge in [0.1, 0.15) is 5.60 Å². The molecule has 1 atom stereocenters. The van der Waals surface area contributed by atoms with Crippen molar-refractivity contribution in [3.8, 4) is 0 Å². The summed E-state index contributed by atoms with van der Waals surface area (Å²) in [7, 11) is 0. The van der Waals surface area contributed by atoms with E-state index in [4.69, 9.17) is 4.74 Å². The zero-order valence-electron chi connectivity index (χ0n) is 13.1. The molecule has 0 saturated heterocycles. The van der Waals surface area contributed by atoms with Crippen LogP contribution < -0.4 is 0 Å². The molecule has 0 aliphatic heterocycles. The zero-order chi connectivity index (χ0) is 14.7. The predicted molar refractivity (Wildman–Crippen MR) is 79.9 cm³/mol. The molecule has 0 aromatic carbocycles. The van der Waals surface area contributed by atoms with Gasteiger partial charge in [0.25, 0.3) is 0 Å². The first-order chi connectivity index (χ1) is 8.70. The second kappa shape index (κ2) is 5.94. The van der Waals surface area contributed by atoms with Crippen molar-refractivity contribution in [3.63, 3.8) is 0 Å². The molecule has 108 valence electrons. The zero-order valence-corrected chi connectivity index (χ0v) is 13.1. The van der Waals surface area contributed by atoms with Crippen LogP contribution in [0.2, 0.25) is 0 Å². The summed E-state index contributed by atoms with van der Waals surface area (Å²) in [5, 5.41) is 0. The van der Waals surface area contributed by atoms with Gasteiger partial charge in [-0.2, -0.15) is 0 Å². The molecule has 1 unspecified atom stereocenters. The lowest BCUT2D eigenvalue weighted by molar-refractivity contribution is -0.151. The second-order valence-corrected chi connectivity index (χ2v) is 6.61. The van der Waals surface area contributed by atoms with Gasteiger partial charge in [-0.25, -0.2) is 0 Å². The highest BCUT2D eigenvalue weighted by atomic mass is 16.6. The first-order valence-electron chi connectivity index (χ1n) is 7.22. The van der Waals surface area contributed by atoms with Crippen LogP contribution in [0.3, 0.4) is 0 Å². The molecule has 0 heterocycles. The van der Waals surface area contributed by atoms with E-state index in [-0.39, 0.29) is 11.4 Å². The van der Waals surface area contributed by atoms with Crippen molar-refractivity contribution in [1.82, 2.24) is 0 Å². The molecule has 2 nitrogen and oxygen atoms in total. The highest BCUT2D eigenvalue weighted by Gasteiger charge is 2.31. The number of hydrogen-bond acceptors (Lipinski definition) is 2. The van der Waals surface area contributed by atoms with E-state index in [2.05, 4.69) is 27.4 Å². The molecule has 0 spiro atoms. The fraction of sp³-hybridized carbons (Fsp3) is 0.706. The fourth-order valence-corrected chi connectivity index (χ4v) is 3.12. The summed E-state index contributed by atoms with van der Waals surface area (Å²) >= 11 is 0. The molecular formula is C17H28O2. The largest absolute Gasteiger partial charge is 0.455 e. The topological polar surface area (TPSA) is 26.3 Å². The molecule has 0 fully saturated rings. The van der Waals surface area contributed by atoms with Crippen LogP contribution in [0.15, 0.2) is 23.8 Å². The van der Waals surface area contributed by atoms with Gasteiger partial charge in [-0.3, -0.25) is 4.79 Å². The van der Waals surface area contributed by atoms with Crippen molar-refractivity contribution in [2.24, 2.45) is 5.41 Å². The maximum absolute atomic E-state index is 11.2. The smallest absolute Gasteiger partial charge is 0.303 e. The quantitative estimate of drug-likeness (QED) is 0.526. The van der Waals surface area contributed by atoms with E-state index in [1.54, 1.807) is 11.6 Å². The average Bonchev–Trinajstić information content (AvgIpc) is 2.26. The van der Waals surface area contributed by atoms with E-state index in [9.17, 15) is 4.79 Å². The fourth-order valence-electron chi connectivity index (χ4n) is 3.12. The lowest BCUT2D eigenvalue weighted by Crippen LogP contribution is -2.30. The van der Waals surface area contributed by atoms with Crippen LogP contribution in [0.4, 0.5) is 0 Å². The Bertz CT molecular complexity index is 390. The van der Waals surface area contributed by atoms with Gasteiger partial charge >= 0.3 is 5.97 Å². The highest BCUT2D eigenvalue weighted by molar-refractivity contribution is 5.66. The molecule has 0 saturated carbocycles. The SMILES string of the molecule is C=CC(C)(CCC1=C(C)CCCC1(C)C)OC(C)=O. The van der Waals surface area contributed by atoms with Gasteiger partial charge < -0.3 is 4.74 Å². The van der Waals surface area contributed by atoms with E-state index < -0.39 is 5.60 Å². The molecule has 1 aliphatic rings. The Balaban J connectivity index is 2.79. The first kappa shape index (κ1) is 16.0. The number of esters is 1. The minimum Gasteiger partial charge on any atom is -0.455 e. The van der Waals surface area contributed by atoms with Gasteiger partial charge in [0.05, 0.1) is 0 Å². The van der Waals surface area contributed by atoms with Crippen LogP contribution in [-0.4, -0.2) is 11.6 Å². The molecule has 0 bridgehead atoms. The summed E-state index contributed by atoms with van der Waals surface area (Å²) < 4.78 is 5.40. The molecule has 1 rings (SSSR count). The normalized spacial score (nSPS) is 21.7. The Morgan fingerprint density at radius 1 is 1.53 bits per heavy atom. The summed E-state index contributed by atoms with van der Waals surface area (Å²) in [6, 6.07) is 0. The summed E-state index contributed by atoms with van der Waals surface area (Å²) in [4.78, 5) is 11.2. The standard InChI is InChI=1S/C17H28O2/c1-7-17(6,19-14(3)18)12-10-15-13(2)9-8-11-16(15,4)5/h7H,1,8-12H2,2-6H3. The van der Waals surface area contributed by atoms with E-state index in [0.29, 0.717) is 0 Å². The minimum absolute atomic E-state index is 0.240. The van der Waals surface area contributed by atoms with Gasteiger partial charge in [0.15, 0.2) is 0 Å². The second-order valence-electron chi connectivity index (χ2n) is 6.61. The van der Waals surface area contributed by atoms with Crippen LogP contribution in [-0.2, 0) is 9.53 Å². The number of hydrogen-bond donors (Lipinski definition) is 0. The van der Waals surface area contributed by atoms with E-state index in [0.717, 1.165) is 12.8 Å². The molecule has 1 aliphatic carbocycles. The lowest BCUT2D eigenvalue weighted by Gasteiger charge is -2.36. The van der Waals surface area contributed by atoms with Crippen LogP contribution in [0.25, 0.3) is 0 Å².